The van der Waals surface area contributed by atoms with Crippen molar-refractivity contribution in [2.45, 2.75) is 70.0 Å². The van der Waals surface area contributed by atoms with Crippen LogP contribution < -0.4 is 0 Å². The molecule has 0 aliphatic heterocycles. The zero-order chi connectivity index (χ0) is 15.7. The highest BCUT2D eigenvalue weighted by Crippen LogP contribution is 2.31. The molecule has 5 nitrogen and oxygen atoms in total. The third-order valence-electron chi connectivity index (χ3n) is 4.01. The van der Waals surface area contributed by atoms with Crippen LogP contribution >= 0.6 is 0 Å². The highest BCUT2D eigenvalue weighted by molar-refractivity contribution is 7.86. The average Bonchev–Trinajstić information content (AvgIpc) is 2.42. The van der Waals surface area contributed by atoms with Crippen LogP contribution in [0, 0.1) is 5.92 Å². The van der Waals surface area contributed by atoms with Gasteiger partial charge in [0.15, 0.2) is 0 Å². The zero-order valence-electron chi connectivity index (χ0n) is 12.9. The second-order valence-electron chi connectivity index (χ2n) is 5.85. The molecular weight excluding hydrogens is 292 g/mol. The number of hydrogen-bond donors (Lipinski definition) is 1. The molecule has 1 N–H and O–H groups in total. The second-order valence-corrected chi connectivity index (χ2v) is 7.54. The van der Waals surface area contributed by atoms with Crippen molar-refractivity contribution in [3.8, 4) is 0 Å². The van der Waals surface area contributed by atoms with Gasteiger partial charge in [0.05, 0.1) is 11.9 Å². The van der Waals surface area contributed by atoms with E-state index in [2.05, 4.69) is 13.5 Å². The molecule has 6 heteroatoms. The molecule has 1 aliphatic rings. The van der Waals surface area contributed by atoms with Crippen LogP contribution in [0.2, 0.25) is 0 Å². The summed E-state index contributed by atoms with van der Waals surface area (Å²) in [6.45, 7) is 6.37. The molecule has 124 valence electrons. The van der Waals surface area contributed by atoms with Crippen molar-refractivity contribution in [2.75, 3.05) is 6.61 Å². The van der Waals surface area contributed by atoms with E-state index in [9.17, 15) is 8.42 Å². The first-order valence-electron chi connectivity index (χ1n) is 7.87. The van der Waals surface area contributed by atoms with Gasteiger partial charge in [-0.2, -0.15) is 13.3 Å². The van der Waals surface area contributed by atoms with E-state index in [0.29, 0.717) is 31.1 Å². The summed E-state index contributed by atoms with van der Waals surface area (Å²) >= 11 is 0. The van der Waals surface area contributed by atoms with Crippen molar-refractivity contribution >= 4 is 10.1 Å². The standard InChI is InChI=1S/C15H28O5S/c1-3-6-13(2)20-19-12-5-4-7-14-8-10-15(11-9-14)21(16,17)18/h14-15H,2-12H2,1H3,(H,16,17,18). The van der Waals surface area contributed by atoms with Gasteiger partial charge in [0.1, 0.15) is 5.76 Å². The smallest absolute Gasteiger partial charge is 0.267 e. The maximum atomic E-state index is 11.0. The van der Waals surface area contributed by atoms with E-state index in [-0.39, 0.29) is 0 Å². The normalized spacial score (nSPS) is 23.0. The van der Waals surface area contributed by atoms with Crippen molar-refractivity contribution in [3.05, 3.63) is 12.3 Å². The van der Waals surface area contributed by atoms with Gasteiger partial charge < -0.3 is 4.89 Å². The van der Waals surface area contributed by atoms with Gasteiger partial charge in [0, 0.05) is 6.42 Å². The lowest BCUT2D eigenvalue weighted by atomic mass is 9.85. The van der Waals surface area contributed by atoms with Gasteiger partial charge in [0.25, 0.3) is 10.1 Å². The lowest BCUT2D eigenvalue weighted by Crippen LogP contribution is -2.26. The number of hydrogen-bond acceptors (Lipinski definition) is 4. The summed E-state index contributed by atoms with van der Waals surface area (Å²) in [5, 5.41) is -0.546. The molecule has 0 unspecified atom stereocenters. The molecule has 0 saturated heterocycles. The molecule has 0 aromatic carbocycles. The molecule has 0 radical (unpaired) electrons. The van der Waals surface area contributed by atoms with Gasteiger partial charge in [-0.25, -0.2) is 0 Å². The van der Waals surface area contributed by atoms with Gasteiger partial charge >= 0.3 is 0 Å². The zero-order valence-corrected chi connectivity index (χ0v) is 13.7. The molecule has 1 saturated carbocycles. The Morgan fingerprint density at radius 3 is 2.48 bits per heavy atom. The Balaban J connectivity index is 2.01. The fourth-order valence-corrected chi connectivity index (χ4v) is 3.63. The molecule has 0 aromatic rings. The van der Waals surface area contributed by atoms with Gasteiger partial charge in [-0.1, -0.05) is 26.3 Å². The highest BCUT2D eigenvalue weighted by Gasteiger charge is 2.28. The molecule has 0 bridgehead atoms. The Morgan fingerprint density at radius 2 is 1.90 bits per heavy atom. The lowest BCUT2D eigenvalue weighted by molar-refractivity contribution is -0.264. The summed E-state index contributed by atoms with van der Waals surface area (Å²) in [6, 6.07) is 0. The largest absolute Gasteiger partial charge is 0.343 e. The molecule has 21 heavy (non-hydrogen) atoms. The van der Waals surface area contributed by atoms with Crippen LogP contribution in [0.3, 0.4) is 0 Å². The van der Waals surface area contributed by atoms with Crippen molar-refractivity contribution in [3.63, 3.8) is 0 Å². The summed E-state index contributed by atoms with van der Waals surface area (Å²) in [4.78, 5) is 10.1. The molecule has 1 aliphatic carbocycles. The van der Waals surface area contributed by atoms with Crippen LogP contribution in [-0.4, -0.2) is 24.8 Å². The fraction of sp³-hybridized carbons (Fsp3) is 0.867. The quantitative estimate of drug-likeness (QED) is 0.217. The maximum Gasteiger partial charge on any atom is 0.267 e. The second kappa shape index (κ2) is 9.43. The van der Waals surface area contributed by atoms with Gasteiger partial charge in [-0.15, -0.1) is 0 Å². The van der Waals surface area contributed by atoms with E-state index in [1.54, 1.807) is 0 Å². The SMILES string of the molecule is C=C(CCC)OOCCCCC1CCC(S(=O)(=O)O)CC1. The first-order valence-corrected chi connectivity index (χ1v) is 9.37. The highest BCUT2D eigenvalue weighted by atomic mass is 32.2. The third kappa shape index (κ3) is 7.83. The summed E-state index contributed by atoms with van der Waals surface area (Å²) in [6.07, 6.45) is 7.80. The first kappa shape index (κ1) is 18.5. The van der Waals surface area contributed by atoms with E-state index >= 15 is 0 Å². The van der Waals surface area contributed by atoms with Gasteiger partial charge in [-0.05, 0) is 44.4 Å². The van der Waals surface area contributed by atoms with Crippen LogP contribution in [-0.2, 0) is 19.9 Å². The maximum absolute atomic E-state index is 11.0. The molecule has 0 aromatic heterocycles. The van der Waals surface area contributed by atoms with Gasteiger partial charge in [0.2, 0.25) is 0 Å². The Morgan fingerprint density at radius 1 is 1.24 bits per heavy atom. The summed E-state index contributed by atoms with van der Waals surface area (Å²) in [7, 11) is -3.84. The number of allylic oxidation sites excluding steroid dienone is 1. The van der Waals surface area contributed by atoms with E-state index in [1.807, 2.05) is 0 Å². The van der Waals surface area contributed by atoms with Crippen molar-refractivity contribution < 1.29 is 22.7 Å². The van der Waals surface area contributed by atoms with E-state index in [0.717, 1.165) is 44.9 Å². The Labute approximate surface area is 128 Å². The monoisotopic (exact) mass is 320 g/mol. The van der Waals surface area contributed by atoms with Crippen LogP contribution in [0.25, 0.3) is 0 Å². The fourth-order valence-electron chi connectivity index (χ4n) is 2.76. The molecular formula is C15H28O5S. The predicted molar refractivity (Wildman–Crippen MR) is 82.2 cm³/mol. The third-order valence-corrected chi connectivity index (χ3v) is 5.32. The summed E-state index contributed by atoms with van der Waals surface area (Å²) < 4.78 is 31.1. The Bertz CT molecular complexity index is 396. The van der Waals surface area contributed by atoms with E-state index < -0.39 is 15.4 Å². The Hall–Kier alpha value is -0.590. The molecule has 0 amide bonds. The topological polar surface area (TPSA) is 72.8 Å². The van der Waals surface area contributed by atoms with Crippen molar-refractivity contribution in [2.24, 2.45) is 5.92 Å². The predicted octanol–water partition coefficient (Wildman–Crippen LogP) is 3.87. The van der Waals surface area contributed by atoms with Gasteiger partial charge in [-0.3, -0.25) is 4.55 Å². The molecule has 0 heterocycles. The summed E-state index contributed by atoms with van der Waals surface area (Å²) in [5.41, 5.74) is 0. The lowest BCUT2D eigenvalue weighted by Gasteiger charge is -2.26. The minimum absolute atomic E-state index is 0.546. The molecule has 0 spiro atoms. The van der Waals surface area contributed by atoms with Crippen molar-refractivity contribution in [1.82, 2.24) is 0 Å². The first-order chi connectivity index (χ1) is 9.93. The average molecular weight is 320 g/mol. The van der Waals surface area contributed by atoms with Crippen LogP contribution in [0.1, 0.15) is 64.7 Å². The number of unbranched alkanes of at least 4 members (excludes halogenated alkanes) is 1. The minimum Gasteiger partial charge on any atom is -0.343 e. The molecule has 1 rings (SSSR count). The molecule has 1 fully saturated rings. The van der Waals surface area contributed by atoms with Crippen molar-refractivity contribution in [1.29, 1.82) is 0 Å². The molecule has 0 atom stereocenters. The van der Waals surface area contributed by atoms with E-state index in [4.69, 9.17) is 14.3 Å². The number of rotatable bonds is 10. The van der Waals surface area contributed by atoms with Crippen LogP contribution in [0.4, 0.5) is 0 Å². The van der Waals surface area contributed by atoms with Crippen LogP contribution in [0.5, 0.6) is 0 Å². The summed E-state index contributed by atoms with van der Waals surface area (Å²) in [5.74, 6) is 1.24. The van der Waals surface area contributed by atoms with E-state index in [1.165, 1.54) is 0 Å². The van der Waals surface area contributed by atoms with Crippen LogP contribution in [0.15, 0.2) is 12.3 Å². The Kier molecular flexibility index (Phi) is 8.29. The minimum atomic E-state index is -3.84.